The number of benzene rings is 2. The number of para-hydroxylation sites is 1. The molecule has 130 valence electrons. The second kappa shape index (κ2) is 6.45. The van der Waals surface area contributed by atoms with Gasteiger partial charge in [0.2, 0.25) is 0 Å². The van der Waals surface area contributed by atoms with E-state index in [-0.39, 0.29) is 0 Å². The zero-order chi connectivity index (χ0) is 18.1. The van der Waals surface area contributed by atoms with Crippen molar-refractivity contribution in [3.05, 3.63) is 53.6 Å². The summed E-state index contributed by atoms with van der Waals surface area (Å²) < 4.78 is 12.6. The van der Waals surface area contributed by atoms with E-state index in [1.807, 2.05) is 41.1 Å². The maximum absolute atomic E-state index is 9.44. The third-order valence-electron chi connectivity index (χ3n) is 4.53. The first-order chi connectivity index (χ1) is 12.7. The quantitative estimate of drug-likeness (QED) is 0.784. The molecule has 3 aromatic rings. The summed E-state index contributed by atoms with van der Waals surface area (Å²) in [5, 5.41) is 17.7. The van der Waals surface area contributed by atoms with E-state index in [1.165, 1.54) is 0 Å². The lowest BCUT2D eigenvalue weighted by Gasteiger charge is -2.09. The number of anilines is 1. The number of hydrogen-bond acceptors (Lipinski definition) is 5. The predicted molar refractivity (Wildman–Crippen MR) is 99.0 cm³/mol. The number of nitrogens with one attached hydrogen (secondary N) is 1. The molecular weight excluding hydrogens is 328 g/mol. The Bertz CT molecular complexity index is 995. The van der Waals surface area contributed by atoms with Crippen LogP contribution in [-0.4, -0.2) is 30.5 Å². The molecule has 0 atom stereocenters. The van der Waals surface area contributed by atoms with Crippen molar-refractivity contribution in [1.82, 2.24) is 9.78 Å². The van der Waals surface area contributed by atoms with Crippen LogP contribution in [0.4, 0.5) is 5.82 Å². The molecule has 0 aliphatic carbocycles. The number of aromatic nitrogens is 2. The Labute approximate surface area is 151 Å². The van der Waals surface area contributed by atoms with Crippen LogP contribution in [0.15, 0.2) is 42.5 Å². The lowest BCUT2D eigenvalue weighted by molar-refractivity contribution is 0.394. The highest BCUT2D eigenvalue weighted by atomic mass is 16.5. The number of fused-ring (bicyclic) bond motifs is 1. The van der Waals surface area contributed by atoms with Crippen LogP contribution >= 0.6 is 0 Å². The zero-order valence-corrected chi connectivity index (χ0v) is 14.6. The number of ether oxygens (including phenoxy) is 2. The third-order valence-corrected chi connectivity index (χ3v) is 4.53. The van der Waals surface area contributed by atoms with Crippen molar-refractivity contribution in [1.29, 1.82) is 5.26 Å². The SMILES string of the molecule is COc1cc(OC)cc(-c2nn(-c3ccccc3C#N)c3c2CCN3)c1. The van der Waals surface area contributed by atoms with Crippen LogP contribution in [0, 0.1) is 11.3 Å². The van der Waals surface area contributed by atoms with Gasteiger partial charge < -0.3 is 14.8 Å². The van der Waals surface area contributed by atoms with Crippen molar-refractivity contribution in [3.8, 4) is 34.5 Å². The van der Waals surface area contributed by atoms with Gasteiger partial charge in [-0.2, -0.15) is 10.4 Å². The topological polar surface area (TPSA) is 72.1 Å². The minimum Gasteiger partial charge on any atom is -0.497 e. The van der Waals surface area contributed by atoms with Gasteiger partial charge in [0, 0.05) is 23.7 Å². The zero-order valence-electron chi connectivity index (χ0n) is 14.6. The van der Waals surface area contributed by atoms with Gasteiger partial charge in [-0.25, -0.2) is 4.68 Å². The Balaban J connectivity index is 1.92. The fourth-order valence-corrected chi connectivity index (χ4v) is 3.28. The Morgan fingerprint density at radius 2 is 1.85 bits per heavy atom. The van der Waals surface area contributed by atoms with E-state index in [2.05, 4.69) is 11.4 Å². The minimum atomic E-state index is 0.585. The molecular formula is C20H18N4O2. The van der Waals surface area contributed by atoms with Crippen molar-refractivity contribution in [3.63, 3.8) is 0 Å². The van der Waals surface area contributed by atoms with Gasteiger partial charge in [-0.1, -0.05) is 12.1 Å². The van der Waals surface area contributed by atoms with Crippen molar-refractivity contribution in [2.24, 2.45) is 0 Å². The molecule has 0 bridgehead atoms. The lowest BCUT2D eigenvalue weighted by atomic mass is 10.1. The molecule has 26 heavy (non-hydrogen) atoms. The van der Waals surface area contributed by atoms with Gasteiger partial charge in [-0.3, -0.25) is 0 Å². The second-order valence-electron chi connectivity index (χ2n) is 5.99. The van der Waals surface area contributed by atoms with E-state index in [4.69, 9.17) is 14.6 Å². The van der Waals surface area contributed by atoms with E-state index < -0.39 is 0 Å². The molecule has 0 radical (unpaired) electrons. The largest absolute Gasteiger partial charge is 0.497 e. The number of nitriles is 1. The first-order valence-corrected chi connectivity index (χ1v) is 8.34. The molecule has 6 heteroatoms. The van der Waals surface area contributed by atoms with Crippen LogP contribution in [0.1, 0.15) is 11.1 Å². The van der Waals surface area contributed by atoms with Crippen molar-refractivity contribution >= 4 is 5.82 Å². The van der Waals surface area contributed by atoms with Gasteiger partial charge in [-0.15, -0.1) is 0 Å². The first-order valence-electron chi connectivity index (χ1n) is 8.34. The van der Waals surface area contributed by atoms with Gasteiger partial charge in [0.15, 0.2) is 0 Å². The molecule has 1 aromatic heterocycles. The van der Waals surface area contributed by atoms with Gasteiger partial charge in [0.25, 0.3) is 0 Å². The number of methoxy groups -OCH3 is 2. The highest BCUT2D eigenvalue weighted by Crippen LogP contribution is 2.37. The summed E-state index contributed by atoms with van der Waals surface area (Å²) in [7, 11) is 3.26. The number of hydrogen-bond donors (Lipinski definition) is 1. The van der Waals surface area contributed by atoms with Crippen LogP contribution in [0.2, 0.25) is 0 Å². The van der Waals surface area contributed by atoms with Crippen molar-refractivity contribution in [2.75, 3.05) is 26.1 Å². The molecule has 0 fully saturated rings. The van der Waals surface area contributed by atoms with Gasteiger partial charge in [0.1, 0.15) is 23.4 Å². The van der Waals surface area contributed by atoms with Crippen LogP contribution in [0.25, 0.3) is 16.9 Å². The predicted octanol–water partition coefficient (Wildman–Crippen LogP) is 3.40. The third kappa shape index (κ3) is 2.54. The smallest absolute Gasteiger partial charge is 0.133 e. The molecule has 6 nitrogen and oxygen atoms in total. The summed E-state index contributed by atoms with van der Waals surface area (Å²) in [5.74, 6) is 2.36. The van der Waals surface area contributed by atoms with Gasteiger partial charge in [0.05, 0.1) is 31.2 Å². The molecule has 0 saturated heterocycles. The molecule has 1 aliphatic heterocycles. The van der Waals surface area contributed by atoms with Gasteiger partial charge >= 0.3 is 0 Å². The fraction of sp³-hybridized carbons (Fsp3) is 0.200. The average Bonchev–Trinajstić information content (AvgIpc) is 3.30. The van der Waals surface area contributed by atoms with E-state index in [0.717, 1.165) is 41.3 Å². The standard InChI is InChI=1S/C20H18N4O2/c1-25-15-9-14(10-16(11-15)26-2)19-17-7-8-22-20(17)24(23-19)18-6-4-3-5-13(18)12-21/h3-6,9-11,22H,7-8H2,1-2H3. The average molecular weight is 346 g/mol. The Kier molecular flexibility index (Phi) is 3.98. The van der Waals surface area contributed by atoms with Crippen LogP contribution in [-0.2, 0) is 6.42 Å². The Morgan fingerprint density at radius 1 is 1.12 bits per heavy atom. The molecule has 0 saturated carbocycles. The van der Waals surface area contributed by atoms with Crippen molar-refractivity contribution in [2.45, 2.75) is 6.42 Å². The number of rotatable bonds is 4. The second-order valence-corrected chi connectivity index (χ2v) is 5.99. The van der Waals surface area contributed by atoms with E-state index >= 15 is 0 Å². The molecule has 0 amide bonds. The summed E-state index contributed by atoms with van der Waals surface area (Å²) in [6, 6.07) is 15.4. The van der Waals surface area contributed by atoms with E-state index in [1.54, 1.807) is 20.3 Å². The highest BCUT2D eigenvalue weighted by molar-refractivity contribution is 5.75. The maximum atomic E-state index is 9.44. The fourth-order valence-electron chi connectivity index (χ4n) is 3.28. The summed E-state index contributed by atoms with van der Waals surface area (Å²) in [6.07, 6.45) is 0.874. The maximum Gasteiger partial charge on any atom is 0.133 e. The molecule has 4 rings (SSSR count). The molecule has 0 spiro atoms. The van der Waals surface area contributed by atoms with E-state index in [0.29, 0.717) is 17.1 Å². The summed E-state index contributed by atoms with van der Waals surface area (Å²) >= 11 is 0. The van der Waals surface area contributed by atoms with Crippen LogP contribution in [0.3, 0.4) is 0 Å². The lowest BCUT2D eigenvalue weighted by Crippen LogP contribution is -2.05. The van der Waals surface area contributed by atoms with Gasteiger partial charge in [-0.05, 0) is 30.7 Å². The van der Waals surface area contributed by atoms with Crippen LogP contribution < -0.4 is 14.8 Å². The molecule has 0 unspecified atom stereocenters. The molecule has 2 heterocycles. The molecule has 2 aromatic carbocycles. The number of nitrogens with zero attached hydrogens (tertiary/aromatic N) is 3. The van der Waals surface area contributed by atoms with Crippen molar-refractivity contribution < 1.29 is 9.47 Å². The summed E-state index contributed by atoms with van der Waals surface area (Å²) in [5.41, 5.74) is 4.28. The summed E-state index contributed by atoms with van der Waals surface area (Å²) in [4.78, 5) is 0. The Hall–Kier alpha value is -3.46. The minimum absolute atomic E-state index is 0.585. The first kappa shape index (κ1) is 16.0. The highest BCUT2D eigenvalue weighted by Gasteiger charge is 2.25. The van der Waals surface area contributed by atoms with Crippen LogP contribution in [0.5, 0.6) is 11.5 Å². The monoisotopic (exact) mass is 346 g/mol. The summed E-state index contributed by atoms with van der Waals surface area (Å²) in [6.45, 7) is 0.843. The normalized spacial score (nSPS) is 12.2. The van der Waals surface area contributed by atoms with E-state index in [9.17, 15) is 5.26 Å². The Morgan fingerprint density at radius 3 is 2.54 bits per heavy atom. The molecule has 1 aliphatic rings. The molecule has 1 N–H and O–H groups in total.